The largest absolute Gasteiger partial charge is 0.465 e. The van der Waals surface area contributed by atoms with Crippen molar-refractivity contribution in [2.75, 3.05) is 7.11 Å². The number of carbonyl (C=O) groups excluding carboxylic acids is 2. The van der Waals surface area contributed by atoms with Crippen LogP contribution in [-0.2, 0) is 9.53 Å². The SMILES string of the molecule is COC(=O)c1ccc2c(c1)C([Si](C)(C)C)C(=O)C2[Si](C(C)C)(C(C)C)C(C)C. The maximum absolute atomic E-state index is 14.1. The van der Waals surface area contributed by atoms with Crippen LogP contribution in [0.25, 0.3) is 0 Å². The predicted octanol–water partition coefficient (Wildman–Crippen LogP) is 6.32. The van der Waals surface area contributed by atoms with Crippen molar-refractivity contribution in [3.63, 3.8) is 0 Å². The molecule has 0 saturated heterocycles. The Balaban J connectivity index is 2.83. The predicted molar refractivity (Wildman–Crippen MR) is 123 cm³/mol. The first-order valence-electron chi connectivity index (χ1n) is 10.6. The van der Waals surface area contributed by atoms with E-state index in [1.807, 2.05) is 12.1 Å². The highest BCUT2D eigenvalue weighted by molar-refractivity contribution is 6.89. The molecule has 0 N–H and O–H groups in total. The molecule has 3 nitrogen and oxygen atoms in total. The Bertz CT molecular complexity index is 738. The van der Waals surface area contributed by atoms with Crippen molar-refractivity contribution >= 4 is 27.9 Å². The Hall–Kier alpha value is -1.21. The van der Waals surface area contributed by atoms with E-state index in [0.29, 0.717) is 28.0 Å². The van der Waals surface area contributed by atoms with Gasteiger partial charge in [-0.05, 0) is 39.9 Å². The Morgan fingerprint density at radius 3 is 1.79 bits per heavy atom. The van der Waals surface area contributed by atoms with Crippen LogP contribution >= 0.6 is 0 Å². The molecule has 0 saturated carbocycles. The average Bonchev–Trinajstić information content (AvgIpc) is 2.85. The van der Waals surface area contributed by atoms with Gasteiger partial charge in [-0.3, -0.25) is 4.79 Å². The van der Waals surface area contributed by atoms with Crippen LogP contribution in [0.4, 0.5) is 0 Å². The molecular formula is C23H38O3Si2. The molecule has 0 spiro atoms. The molecule has 5 heteroatoms. The third kappa shape index (κ3) is 3.45. The minimum Gasteiger partial charge on any atom is -0.465 e. The van der Waals surface area contributed by atoms with E-state index >= 15 is 0 Å². The summed E-state index contributed by atoms with van der Waals surface area (Å²) < 4.78 is 4.95. The van der Waals surface area contributed by atoms with Crippen LogP contribution in [0.3, 0.4) is 0 Å². The lowest BCUT2D eigenvalue weighted by Crippen LogP contribution is -2.53. The first-order chi connectivity index (χ1) is 12.8. The minimum absolute atomic E-state index is 0.0194. The number of ketones is 1. The normalized spacial score (nSPS) is 20.2. The molecule has 2 unspecified atom stereocenters. The molecule has 0 bridgehead atoms. The van der Waals surface area contributed by atoms with E-state index in [1.54, 1.807) is 0 Å². The lowest BCUT2D eigenvalue weighted by atomic mass is 10.1. The average molecular weight is 419 g/mol. The van der Waals surface area contributed by atoms with E-state index in [4.69, 9.17) is 4.74 Å². The number of Topliss-reactive ketones (excluding diaryl/α,β-unsaturated/α-hetero) is 1. The van der Waals surface area contributed by atoms with Crippen LogP contribution in [-0.4, -0.2) is 35.0 Å². The zero-order valence-corrected chi connectivity index (χ0v) is 21.3. The van der Waals surface area contributed by atoms with Crippen molar-refractivity contribution in [1.82, 2.24) is 0 Å². The second-order valence-electron chi connectivity index (χ2n) is 10.4. The van der Waals surface area contributed by atoms with Crippen LogP contribution in [0.5, 0.6) is 0 Å². The highest BCUT2D eigenvalue weighted by Crippen LogP contribution is 2.57. The third-order valence-corrected chi connectivity index (χ3v) is 17.0. The van der Waals surface area contributed by atoms with Gasteiger partial charge in [-0.25, -0.2) is 4.79 Å². The zero-order chi connectivity index (χ0) is 21.6. The van der Waals surface area contributed by atoms with Crippen molar-refractivity contribution in [2.45, 2.75) is 88.9 Å². The summed E-state index contributed by atoms with van der Waals surface area (Å²) in [5.41, 5.74) is 4.37. The van der Waals surface area contributed by atoms with Crippen LogP contribution in [0, 0.1) is 0 Å². The van der Waals surface area contributed by atoms with Gasteiger partial charge in [-0.15, -0.1) is 0 Å². The zero-order valence-electron chi connectivity index (χ0n) is 19.3. The molecule has 28 heavy (non-hydrogen) atoms. The Kier molecular flexibility index (Phi) is 6.51. The maximum Gasteiger partial charge on any atom is 0.337 e. The summed E-state index contributed by atoms with van der Waals surface area (Å²) in [5.74, 6) is 0.104. The number of ether oxygens (including phenoxy) is 1. The van der Waals surface area contributed by atoms with Gasteiger partial charge in [0.25, 0.3) is 0 Å². The second kappa shape index (κ2) is 7.90. The first-order valence-corrected chi connectivity index (χ1v) is 16.5. The maximum atomic E-state index is 14.1. The molecule has 0 aromatic heterocycles. The van der Waals surface area contributed by atoms with Gasteiger partial charge >= 0.3 is 5.97 Å². The molecular weight excluding hydrogens is 380 g/mol. The van der Waals surface area contributed by atoms with Crippen LogP contribution in [0.1, 0.15) is 74.1 Å². The van der Waals surface area contributed by atoms with Gasteiger partial charge in [0, 0.05) is 11.1 Å². The fourth-order valence-corrected chi connectivity index (χ4v) is 16.0. The number of hydrogen-bond donors (Lipinski definition) is 0. The fraction of sp³-hybridized carbons (Fsp3) is 0.652. The second-order valence-corrected chi connectivity index (χ2v) is 21.8. The van der Waals surface area contributed by atoms with Gasteiger partial charge in [0.05, 0.1) is 28.8 Å². The monoisotopic (exact) mass is 418 g/mol. The Morgan fingerprint density at radius 2 is 1.39 bits per heavy atom. The first kappa shape index (κ1) is 23.1. The molecule has 1 aromatic rings. The number of rotatable bonds is 6. The summed E-state index contributed by atoms with van der Waals surface area (Å²) >= 11 is 0. The van der Waals surface area contributed by atoms with E-state index < -0.39 is 16.1 Å². The summed E-state index contributed by atoms with van der Waals surface area (Å²) in [6.07, 6.45) is 0. The number of methoxy groups -OCH3 is 1. The topological polar surface area (TPSA) is 43.4 Å². The van der Waals surface area contributed by atoms with Gasteiger partial charge in [-0.1, -0.05) is 67.2 Å². The number of benzene rings is 1. The number of hydrogen-bond acceptors (Lipinski definition) is 3. The lowest BCUT2D eigenvalue weighted by Gasteiger charge is -2.47. The van der Waals surface area contributed by atoms with Crippen LogP contribution < -0.4 is 0 Å². The standard InChI is InChI=1S/C23H38O3Si2/c1-14(2)28(15(3)4,16(5)6)22-18-12-11-17(23(25)26-7)13-19(18)21(20(22)24)27(8,9)10/h11-16,21-22H,1-10H3. The molecule has 0 amide bonds. The van der Waals surface area contributed by atoms with E-state index in [2.05, 4.69) is 67.2 Å². The van der Waals surface area contributed by atoms with Crippen LogP contribution in [0.2, 0.25) is 36.3 Å². The number of carbonyl (C=O) groups is 2. The van der Waals surface area contributed by atoms with Gasteiger partial charge in [0.1, 0.15) is 5.78 Å². The molecule has 1 aromatic carbocycles. The molecule has 156 valence electrons. The smallest absolute Gasteiger partial charge is 0.337 e. The summed E-state index contributed by atoms with van der Waals surface area (Å²) in [4.78, 5) is 26.2. The highest BCUT2D eigenvalue weighted by atomic mass is 28.3. The molecule has 2 rings (SSSR count). The summed E-state index contributed by atoms with van der Waals surface area (Å²) in [6.45, 7) is 20.8. The van der Waals surface area contributed by atoms with E-state index in [0.717, 1.165) is 5.56 Å². The van der Waals surface area contributed by atoms with Gasteiger partial charge < -0.3 is 4.74 Å². The number of fused-ring (bicyclic) bond motifs is 1. The van der Waals surface area contributed by atoms with Gasteiger partial charge in [-0.2, -0.15) is 0 Å². The molecule has 1 aliphatic carbocycles. The van der Waals surface area contributed by atoms with Gasteiger partial charge in [0.2, 0.25) is 0 Å². The highest BCUT2D eigenvalue weighted by Gasteiger charge is 2.58. The van der Waals surface area contributed by atoms with E-state index in [-0.39, 0.29) is 17.1 Å². The van der Waals surface area contributed by atoms with Crippen molar-refractivity contribution in [3.8, 4) is 0 Å². The van der Waals surface area contributed by atoms with E-state index in [9.17, 15) is 9.59 Å². The lowest BCUT2D eigenvalue weighted by molar-refractivity contribution is -0.118. The van der Waals surface area contributed by atoms with E-state index in [1.165, 1.54) is 12.7 Å². The molecule has 0 radical (unpaired) electrons. The summed E-state index contributed by atoms with van der Waals surface area (Å²) in [7, 11) is -2.43. The fourth-order valence-electron chi connectivity index (χ4n) is 6.21. The summed E-state index contributed by atoms with van der Waals surface area (Å²) in [6, 6.07) is 5.89. The summed E-state index contributed by atoms with van der Waals surface area (Å²) in [5, 5.41) is 0. The molecule has 0 heterocycles. The van der Waals surface area contributed by atoms with Crippen molar-refractivity contribution in [2.24, 2.45) is 0 Å². The molecule has 0 fully saturated rings. The number of esters is 1. The van der Waals surface area contributed by atoms with Crippen molar-refractivity contribution in [3.05, 3.63) is 34.9 Å². The van der Waals surface area contributed by atoms with Crippen LogP contribution in [0.15, 0.2) is 18.2 Å². The van der Waals surface area contributed by atoms with Gasteiger partial charge in [0.15, 0.2) is 0 Å². The van der Waals surface area contributed by atoms with Crippen molar-refractivity contribution in [1.29, 1.82) is 0 Å². The third-order valence-electron chi connectivity index (χ3n) is 7.06. The molecule has 0 aliphatic heterocycles. The molecule has 1 aliphatic rings. The Morgan fingerprint density at radius 1 is 0.893 bits per heavy atom. The van der Waals surface area contributed by atoms with Crippen molar-refractivity contribution < 1.29 is 14.3 Å². The quantitative estimate of drug-likeness (QED) is 0.401. The Labute approximate surface area is 173 Å². The minimum atomic E-state index is -2.03. The molecule has 2 atom stereocenters.